The smallest absolute Gasteiger partial charge is 0.289 e. The molecule has 140 valence electrons. The Morgan fingerprint density at radius 2 is 2.07 bits per heavy atom. The zero-order valence-electron chi connectivity index (χ0n) is 15.4. The van der Waals surface area contributed by atoms with E-state index < -0.39 is 5.60 Å². The summed E-state index contributed by atoms with van der Waals surface area (Å²) in [7, 11) is 1.60. The second kappa shape index (κ2) is 6.70. The monoisotopic (exact) mass is 366 g/mol. The van der Waals surface area contributed by atoms with Gasteiger partial charge in [0.2, 0.25) is 0 Å². The Bertz CT molecular complexity index is 973. The minimum Gasteiger partial charge on any atom is -0.497 e. The second-order valence-electron chi connectivity index (χ2n) is 6.98. The van der Waals surface area contributed by atoms with Crippen LogP contribution in [0.2, 0.25) is 0 Å². The normalized spacial score (nSPS) is 16.5. The molecule has 1 aliphatic rings. The van der Waals surface area contributed by atoms with E-state index in [0.29, 0.717) is 43.0 Å². The van der Waals surface area contributed by atoms with Crippen molar-refractivity contribution in [2.24, 2.45) is 0 Å². The minimum atomic E-state index is -0.943. The lowest BCUT2D eigenvalue weighted by Crippen LogP contribution is -2.45. The molecule has 1 aliphatic heterocycles. The summed E-state index contributed by atoms with van der Waals surface area (Å²) in [5.41, 5.74) is 1.32. The summed E-state index contributed by atoms with van der Waals surface area (Å²) in [6, 6.07) is 9.24. The van der Waals surface area contributed by atoms with E-state index in [1.165, 1.54) is 0 Å². The molecule has 0 aliphatic carbocycles. The van der Waals surface area contributed by atoms with Gasteiger partial charge >= 0.3 is 0 Å². The number of methoxy groups -OCH3 is 1. The molecule has 0 saturated carbocycles. The first kappa shape index (κ1) is 17.5. The lowest BCUT2D eigenvalue weighted by Gasteiger charge is -2.38. The van der Waals surface area contributed by atoms with E-state index in [2.05, 4.69) is 4.98 Å². The molecule has 3 heterocycles. The van der Waals surface area contributed by atoms with Gasteiger partial charge in [0.05, 0.1) is 12.7 Å². The van der Waals surface area contributed by atoms with Crippen molar-refractivity contribution in [3.63, 3.8) is 0 Å². The number of benzene rings is 1. The van der Waals surface area contributed by atoms with Crippen LogP contribution in [0.15, 0.2) is 47.1 Å². The molecule has 0 radical (unpaired) electrons. The maximum absolute atomic E-state index is 13.0. The zero-order chi connectivity index (χ0) is 19.0. The van der Waals surface area contributed by atoms with Crippen LogP contribution in [0.1, 0.15) is 34.5 Å². The standard InChI is InChI=1S/C21H22N2O4/c1-14-17-6-5-16(26-2)12-18(17)27-19(14)20(24)23-10-7-21(25,8-11-23)15-4-3-9-22-13-15/h3-6,9,12-13,25H,7-8,10-11H2,1-2H3. The van der Waals surface area contributed by atoms with Crippen molar-refractivity contribution in [2.45, 2.75) is 25.4 Å². The molecule has 3 aromatic rings. The minimum absolute atomic E-state index is 0.143. The molecule has 1 aromatic carbocycles. The first-order chi connectivity index (χ1) is 13.0. The summed E-state index contributed by atoms with van der Waals surface area (Å²) in [6.45, 7) is 2.82. The fourth-order valence-electron chi connectivity index (χ4n) is 3.69. The number of furan rings is 1. The SMILES string of the molecule is COc1ccc2c(C)c(C(=O)N3CCC(O)(c4cccnc4)CC3)oc2c1. The Kier molecular flexibility index (Phi) is 4.36. The number of carbonyl (C=O) groups is 1. The molecule has 27 heavy (non-hydrogen) atoms. The van der Waals surface area contributed by atoms with Gasteiger partial charge in [0.1, 0.15) is 11.3 Å². The fraction of sp³-hybridized carbons (Fsp3) is 0.333. The highest BCUT2D eigenvalue weighted by molar-refractivity contribution is 5.99. The summed E-state index contributed by atoms with van der Waals surface area (Å²) >= 11 is 0. The predicted octanol–water partition coefficient (Wildman–Crippen LogP) is 3.27. The maximum atomic E-state index is 13.0. The third-order valence-corrected chi connectivity index (χ3v) is 5.42. The fourth-order valence-corrected chi connectivity index (χ4v) is 3.69. The van der Waals surface area contributed by atoms with Crippen LogP contribution in [0.3, 0.4) is 0 Å². The van der Waals surface area contributed by atoms with E-state index >= 15 is 0 Å². The van der Waals surface area contributed by atoms with Gasteiger partial charge in [0.25, 0.3) is 5.91 Å². The third kappa shape index (κ3) is 3.06. The Labute approximate surface area is 157 Å². The van der Waals surface area contributed by atoms with Crippen molar-refractivity contribution in [3.8, 4) is 5.75 Å². The number of aryl methyl sites for hydroxylation is 1. The van der Waals surface area contributed by atoms with E-state index in [4.69, 9.17) is 9.15 Å². The van der Waals surface area contributed by atoms with Gasteiger partial charge in [-0.1, -0.05) is 6.07 Å². The number of piperidine rings is 1. The molecule has 1 saturated heterocycles. The van der Waals surface area contributed by atoms with Gasteiger partial charge in [-0.3, -0.25) is 9.78 Å². The lowest BCUT2D eigenvalue weighted by molar-refractivity contribution is -0.0219. The van der Waals surface area contributed by atoms with Crippen molar-refractivity contribution < 1.29 is 19.1 Å². The van der Waals surface area contributed by atoms with Crippen molar-refractivity contribution in [1.29, 1.82) is 0 Å². The molecule has 6 heteroatoms. The number of aromatic nitrogens is 1. The van der Waals surface area contributed by atoms with E-state index in [0.717, 1.165) is 16.5 Å². The van der Waals surface area contributed by atoms with Gasteiger partial charge in [0, 0.05) is 48.1 Å². The molecule has 2 aromatic heterocycles. The molecule has 0 bridgehead atoms. The van der Waals surface area contributed by atoms with Gasteiger partial charge in [-0.05, 0) is 38.0 Å². The van der Waals surface area contributed by atoms with Crippen molar-refractivity contribution >= 4 is 16.9 Å². The van der Waals surface area contributed by atoms with Gasteiger partial charge in [-0.25, -0.2) is 0 Å². The molecule has 1 fully saturated rings. The molecule has 1 amide bonds. The zero-order valence-corrected chi connectivity index (χ0v) is 15.4. The molecule has 6 nitrogen and oxygen atoms in total. The van der Waals surface area contributed by atoms with Crippen LogP contribution in [-0.2, 0) is 5.60 Å². The number of rotatable bonds is 3. The molecule has 0 unspecified atom stereocenters. The topological polar surface area (TPSA) is 75.8 Å². The van der Waals surface area contributed by atoms with Crippen LogP contribution in [0, 0.1) is 6.92 Å². The molecular formula is C21H22N2O4. The summed E-state index contributed by atoms with van der Waals surface area (Å²) in [5, 5.41) is 11.8. The highest BCUT2D eigenvalue weighted by Crippen LogP contribution is 2.34. The lowest BCUT2D eigenvalue weighted by atomic mass is 9.85. The summed E-state index contributed by atoms with van der Waals surface area (Å²) in [4.78, 5) is 18.8. The van der Waals surface area contributed by atoms with E-state index in [-0.39, 0.29) is 5.91 Å². The first-order valence-electron chi connectivity index (χ1n) is 9.01. The number of nitrogens with zero attached hydrogens (tertiary/aromatic N) is 2. The summed E-state index contributed by atoms with van der Waals surface area (Å²) in [6.07, 6.45) is 4.31. The number of aliphatic hydroxyl groups is 1. The Morgan fingerprint density at radius 3 is 2.74 bits per heavy atom. The van der Waals surface area contributed by atoms with Crippen LogP contribution >= 0.6 is 0 Å². The number of hydrogen-bond donors (Lipinski definition) is 1. The highest BCUT2D eigenvalue weighted by Gasteiger charge is 2.36. The average Bonchev–Trinajstić information content (AvgIpc) is 3.04. The maximum Gasteiger partial charge on any atom is 0.289 e. The Balaban J connectivity index is 1.54. The van der Waals surface area contributed by atoms with E-state index in [1.807, 2.05) is 31.2 Å². The first-order valence-corrected chi connectivity index (χ1v) is 9.01. The van der Waals surface area contributed by atoms with Crippen molar-refractivity contribution in [1.82, 2.24) is 9.88 Å². The Hall–Kier alpha value is -2.86. The number of ether oxygens (including phenoxy) is 1. The van der Waals surface area contributed by atoms with Gasteiger partial charge in [-0.15, -0.1) is 0 Å². The van der Waals surface area contributed by atoms with Crippen molar-refractivity contribution in [2.75, 3.05) is 20.2 Å². The van der Waals surface area contributed by atoms with Gasteiger partial charge in [-0.2, -0.15) is 0 Å². The van der Waals surface area contributed by atoms with Gasteiger partial charge < -0.3 is 19.2 Å². The van der Waals surface area contributed by atoms with E-state index in [9.17, 15) is 9.90 Å². The predicted molar refractivity (Wildman–Crippen MR) is 101 cm³/mol. The average molecular weight is 366 g/mol. The van der Waals surface area contributed by atoms with Crippen LogP contribution in [0.25, 0.3) is 11.0 Å². The quantitative estimate of drug-likeness (QED) is 0.770. The number of carbonyl (C=O) groups excluding carboxylic acids is 1. The number of amides is 1. The summed E-state index contributed by atoms with van der Waals surface area (Å²) < 4.78 is 11.1. The molecular weight excluding hydrogens is 344 g/mol. The Morgan fingerprint density at radius 1 is 1.30 bits per heavy atom. The van der Waals surface area contributed by atoms with Crippen LogP contribution < -0.4 is 4.74 Å². The largest absolute Gasteiger partial charge is 0.497 e. The molecule has 1 N–H and O–H groups in total. The number of likely N-dealkylation sites (tertiary alicyclic amines) is 1. The van der Waals surface area contributed by atoms with Crippen LogP contribution in [0.4, 0.5) is 0 Å². The van der Waals surface area contributed by atoms with Gasteiger partial charge in [0.15, 0.2) is 5.76 Å². The summed E-state index contributed by atoms with van der Waals surface area (Å²) in [5.74, 6) is 0.899. The highest BCUT2D eigenvalue weighted by atomic mass is 16.5. The van der Waals surface area contributed by atoms with Crippen molar-refractivity contribution in [3.05, 3.63) is 59.6 Å². The molecule has 4 rings (SSSR count). The molecule has 0 atom stereocenters. The number of hydrogen-bond acceptors (Lipinski definition) is 5. The molecule has 0 spiro atoms. The van der Waals surface area contributed by atoms with Crippen LogP contribution in [0.5, 0.6) is 5.75 Å². The number of fused-ring (bicyclic) bond motifs is 1. The van der Waals surface area contributed by atoms with E-state index in [1.54, 1.807) is 30.5 Å². The third-order valence-electron chi connectivity index (χ3n) is 5.42. The van der Waals surface area contributed by atoms with Crippen LogP contribution in [-0.4, -0.2) is 41.1 Å². The number of pyridine rings is 1. The second-order valence-corrected chi connectivity index (χ2v) is 6.98.